The highest BCUT2D eigenvalue weighted by Crippen LogP contribution is 2.24. The van der Waals surface area contributed by atoms with Crippen LogP contribution in [-0.2, 0) is 6.54 Å². The monoisotopic (exact) mass is 263 g/mol. The number of nitrogens with zero attached hydrogens (tertiary/aromatic N) is 1. The number of hydrogen-bond acceptors (Lipinski definition) is 3. The quantitative estimate of drug-likeness (QED) is 0.872. The number of hydrogen-bond donors (Lipinski definition) is 2. The van der Waals surface area contributed by atoms with Crippen molar-refractivity contribution < 1.29 is 9.13 Å². The van der Waals surface area contributed by atoms with E-state index < -0.39 is 0 Å². The molecule has 0 unspecified atom stereocenters. The van der Waals surface area contributed by atoms with Crippen molar-refractivity contribution in [1.82, 2.24) is 15.3 Å². The highest BCUT2D eigenvalue weighted by atomic mass is 19.1. The van der Waals surface area contributed by atoms with Crippen molar-refractivity contribution in [3.8, 4) is 17.0 Å². The minimum Gasteiger partial charge on any atom is -0.494 e. The highest BCUT2D eigenvalue weighted by molar-refractivity contribution is 5.59. The molecule has 0 aliphatic heterocycles. The molecule has 19 heavy (non-hydrogen) atoms. The maximum atomic E-state index is 13.6. The summed E-state index contributed by atoms with van der Waals surface area (Å²) in [6.07, 6.45) is 1.71. The number of H-pyrrole nitrogens is 1. The van der Waals surface area contributed by atoms with Gasteiger partial charge in [-0.05, 0) is 18.2 Å². The smallest absolute Gasteiger partial charge is 0.165 e. The topological polar surface area (TPSA) is 49.9 Å². The molecule has 0 fully saturated rings. The number of benzene rings is 1. The lowest BCUT2D eigenvalue weighted by Gasteiger charge is -2.05. The van der Waals surface area contributed by atoms with Gasteiger partial charge in [-0.1, -0.05) is 13.8 Å². The molecule has 1 aromatic heterocycles. The number of methoxy groups -OCH3 is 1. The van der Waals surface area contributed by atoms with Crippen LogP contribution in [0.4, 0.5) is 4.39 Å². The van der Waals surface area contributed by atoms with Gasteiger partial charge in [0.2, 0.25) is 0 Å². The van der Waals surface area contributed by atoms with Crippen molar-refractivity contribution >= 4 is 0 Å². The zero-order valence-corrected chi connectivity index (χ0v) is 11.3. The number of halogens is 1. The molecule has 1 heterocycles. The standard InChI is InChI=1S/C14H18FN3O/c1-9(2)16-8-14-17-7-12(18-14)10-4-5-13(19-3)11(15)6-10/h4-7,9,16H,8H2,1-3H3,(H,17,18). The molecule has 0 atom stereocenters. The van der Waals surface area contributed by atoms with E-state index in [1.165, 1.54) is 13.2 Å². The maximum absolute atomic E-state index is 13.6. The van der Waals surface area contributed by atoms with Gasteiger partial charge in [-0.3, -0.25) is 0 Å². The van der Waals surface area contributed by atoms with Crippen molar-refractivity contribution in [2.45, 2.75) is 26.4 Å². The second kappa shape index (κ2) is 5.84. The van der Waals surface area contributed by atoms with E-state index in [0.717, 1.165) is 17.1 Å². The number of ether oxygens (including phenoxy) is 1. The van der Waals surface area contributed by atoms with Gasteiger partial charge in [0, 0.05) is 11.6 Å². The zero-order valence-electron chi connectivity index (χ0n) is 11.3. The van der Waals surface area contributed by atoms with Crippen LogP contribution in [0.5, 0.6) is 5.75 Å². The molecule has 102 valence electrons. The lowest BCUT2D eigenvalue weighted by Crippen LogP contribution is -2.22. The molecule has 0 saturated heterocycles. The summed E-state index contributed by atoms with van der Waals surface area (Å²) in [5, 5.41) is 3.27. The molecular formula is C14H18FN3O. The van der Waals surface area contributed by atoms with Gasteiger partial charge in [-0.25, -0.2) is 9.37 Å². The SMILES string of the molecule is COc1ccc(-c2cnc(CNC(C)C)[nH]2)cc1F. The summed E-state index contributed by atoms with van der Waals surface area (Å²) in [7, 11) is 1.45. The minimum absolute atomic E-state index is 0.241. The number of aromatic amines is 1. The van der Waals surface area contributed by atoms with Crippen LogP contribution in [0.25, 0.3) is 11.3 Å². The van der Waals surface area contributed by atoms with Crippen LogP contribution in [0.2, 0.25) is 0 Å². The third kappa shape index (κ3) is 3.32. The lowest BCUT2D eigenvalue weighted by molar-refractivity contribution is 0.386. The molecule has 0 aliphatic carbocycles. The second-order valence-electron chi connectivity index (χ2n) is 4.63. The molecule has 0 radical (unpaired) electrons. The van der Waals surface area contributed by atoms with Crippen LogP contribution in [0.1, 0.15) is 19.7 Å². The summed E-state index contributed by atoms with van der Waals surface area (Å²) in [6.45, 7) is 4.81. The van der Waals surface area contributed by atoms with Crippen molar-refractivity contribution in [2.75, 3.05) is 7.11 Å². The van der Waals surface area contributed by atoms with Crippen LogP contribution in [0, 0.1) is 5.82 Å². The Morgan fingerprint density at radius 2 is 2.21 bits per heavy atom. The van der Waals surface area contributed by atoms with Gasteiger partial charge >= 0.3 is 0 Å². The largest absolute Gasteiger partial charge is 0.494 e. The molecule has 2 N–H and O–H groups in total. The predicted molar refractivity (Wildman–Crippen MR) is 72.5 cm³/mol. The first-order valence-corrected chi connectivity index (χ1v) is 6.21. The van der Waals surface area contributed by atoms with E-state index in [2.05, 4.69) is 29.1 Å². The number of imidazole rings is 1. The number of aromatic nitrogens is 2. The van der Waals surface area contributed by atoms with Gasteiger partial charge < -0.3 is 15.0 Å². The summed E-state index contributed by atoms with van der Waals surface area (Å²) in [6, 6.07) is 5.24. The third-order valence-electron chi connectivity index (χ3n) is 2.77. The normalized spacial score (nSPS) is 11.0. The molecule has 4 nitrogen and oxygen atoms in total. The molecule has 1 aromatic carbocycles. The van der Waals surface area contributed by atoms with Gasteiger partial charge in [0.15, 0.2) is 11.6 Å². The molecule has 0 spiro atoms. The Bertz CT molecular complexity index is 551. The van der Waals surface area contributed by atoms with Crippen molar-refractivity contribution in [3.63, 3.8) is 0 Å². The fourth-order valence-electron chi connectivity index (χ4n) is 1.73. The summed E-state index contributed by atoms with van der Waals surface area (Å²) < 4.78 is 18.5. The first-order chi connectivity index (χ1) is 9.10. The molecule has 2 aromatic rings. The molecule has 0 saturated carbocycles. The highest BCUT2D eigenvalue weighted by Gasteiger charge is 2.08. The Balaban J connectivity index is 2.16. The van der Waals surface area contributed by atoms with E-state index in [-0.39, 0.29) is 11.6 Å². The molecule has 0 amide bonds. The maximum Gasteiger partial charge on any atom is 0.165 e. The van der Waals surface area contributed by atoms with E-state index in [4.69, 9.17) is 4.74 Å². The van der Waals surface area contributed by atoms with Crippen LogP contribution in [0.15, 0.2) is 24.4 Å². The average Bonchev–Trinajstić information content (AvgIpc) is 2.85. The number of nitrogens with one attached hydrogen (secondary N) is 2. The first kappa shape index (κ1) is 13.5. The van der Waals surface area contributed by atoms with Crippen molar-refractivity contribution in [2.24, 2.45) is 0 Å². The van der Waals surface area contributed by atoms with E-state index in [1.807, 2.05) is 0 Å². The summed E-state index contributed by atoms with van der Waals surface area (Å²) >= 11 is 0. The predicted octanol–water partition coefficient (Wildman–Crippen LogP) is 2.72. The van der Waals surface area contributed by atoms with Crippen LogP contribution < -0.4 is 10.1 Å². The molecule has 0 bridgehead atoms. The molecule has 5 heteroatoms. The van der Waals surface area contributed by atoms with Gasteiger partial charge in [-0.2, -0.15) is 0 Å². The van der Waals surface area contributed by atoms with E-state index in [9.17, 15) is 4.39 Å². The van der Waals surface area contributed by atoms with Crippen LogP contribution >= 0.6 is 0 Å². The fourth-order valence-corrected chi connectivity index (χ4v) is 1.73. The Hall–Kier alpha value is -1.88. The van der Waals surface area contributed by atoms with Crippen LogP contribution in [-0.4, -0.2) is 23.1 Å². The Morgan fingerprint density at radius 3 is 2.84 bits per heavy atom. The molecule has 0 aliphatic rings. The molecule has 2 rings (SSSR count). The summed E-state index contributed by atoms with van der Waals surface area (Å²) in [5.41, 5.74) is 1.55. The third-order valence-corrected chi connectivity index (χ3v) is 2.77. The molecular weight excluding hydrogens is 245 g/mol. The summed E-state index contributed by atoms with van der Waals surface area (Å²) in [5.74, 6) is 0.696. The Labute approximate surface area is 112 Å². The average molecular weight is 263 g/mol. The Morgan fingerprint density at radius 1 is 1.42 bits per heavy atom. The van der Waals surface area contributed by atoms with Gasteiger partial charge in [0.25, 0.3) is 0 Å². The van der Waals surface area contributed by atoms with Crippen molar-refractivity contribution in [3.05, 3.63) is 36.0 Å². The van der Waals surface area contributed by atoms with Crippen LogP contribution in [0.3, 0.4) is 0 Å². The minimum atomic E-state index is -0.378. The van der Waals surface area contributed by atoms with Gasteiger partial charge in [-0.15, -0.1) is 0 Å². The second-order valence-corrected chi connectivity index (χ2v) is 4.63. The Kier molecular flexibility index (Phi) is 4.16. The number of rotatable bonds is 5. The first-order valence-electron chi connectivity index (χ1n) is 6.21. The van der Waals surface area contributed by atoms with E-state index in [0.29, 0.717) is 12.6 Å². The van der Waals surface area contributed by atoms with E-state index in [1.54, 1.807) is 18.3 Å². The van der Waals surface area contributed by atoms with Gasteiger partial charge in [0.05, 0.1) is 25.5 Å². The lowest BCUT2D eigenvalue weighted by atomic mass is 10.1. The zero-order chi connectivity index (χ0) is 13.8. The van der Waals surface area contributed by atoms with Gasteiger partial charge in [0.1, 0.15) is 5.82 Å². The fraction of sp³-hybridized carbons (Fsp3) is 0.357. The summed E-state index contributed by atoms with van der Waals surface area (Å²) in [4.78, 5) is 7.43. The van der Waals surface area contributed by atoms with E-state index >= 15 is 0 Å². The van der Waals surface area contributed by atoms with Crippen molar-refractivity contribution in [1.29, 1.82) is 0 Å².